The average Bonchev–Trinajstić information content (AvgIpc) is 2.80. The third kappa shape index (κ3) is 2.90. The van der Waals surface area contributed by atoms with Crippen molar-refractivity contribution in [3.8, 4) is 0 Å². The van der Waals surface area contributed by atoms with E-state index in [0.29, 0.717) is 5.69 Å². The van der Waals surface area contributed by atoms with Crippen LogP contribution in [0.15, 0.2) is 59.3 Å². The Morgan fingerprint density at radius 2 is 1.62 bits per heavy atom. The minimum atomic E-state index is -0.638. The molecule has 2 aromatic carbocycles. The zero-order chi connectivity index (χ0) is 17.3. The number of nitrogens with one attached hydrogen (secondary N) is 1. The molecule has 24 heavy (non-hydrogen) atoms. The van der Waals surface area contributed by atoms with Gasteiger partial charge in [-0.15, -0.1) is 0 Å². The summed E-state index contributed by atoms with van der Waals surface area (Å²) >= 11 is 6.04. The van der Waals surface area contributed by atoms with Crippen LogP contribution >= 0.6 is 11.6 Å². The van der Waals surface area contributed by atoms with Crippen LogP contribution in [0.4, 0.5) is 15.8 Å². The smallest absolute Gasteiger partial charge is 0.283 e. The van der Waals surface area contributed by atoms with E-state index in [1.807, 2.05) is 31.2 Å². The summed E-state index contributed by atoms with van der Waals surface area (Å²) in [4.78, 5) is 25.8. The van der Waals surface area contributed by atoms with Crippen LogP contribution in [0.5, 0.6) is 0 Å². The van der Waals surface area contributed by atoms with E-state index < -0.39 is 17.6 Å². The van der Waals surface area contributed by atoms with Gasteiger partial charge in [0.15, 0.2) is 0 Å². The number of nitrogens with zero attached hydrogens (tertiary/aromatic N) is 1. The summed E-state index contributed by atoms with van der Waals surface area (Å²) in [6.45, 7) is 2.04. The highest BCUT2D eigenvalue weighted by Crippen LogP contribution is 2.30. The lowest BCUT2D eigenvalue weighted by Gasteiger charge is -2.15. The molecule has 0 atom stereocenters. The van der Waals surface area contributed by atoms with Crippen molar-refractivity contribution in [1.82, 2.24) is 0 Å². The number of rotatable bonds is 4. The summed E-state index contributed by atoms with van der Waals surface area (Å²) in [6.07, 6.45) is 0.902. The van der Waals surface area contributed by atoms with Crippen molar-refractivity contribution in [2.75, 3.05) is 10.2 Å². The van der Waals surface area contributed by atoms with Gasteiger partial charge in [-0.1, -0.05) is 30.7 Å². The van der Waals surface area contributed by atoms with Crippen LogP contribution in [0.3, 0.4) is 0 Å². The average molecular weight is 345 g/mol. The second kappa shape index (κ2) is 6.45. The fraction of sp³-hybridized carbons (Fsp3) is 0.111. The molecule has 0 saturated carbocycles. The van der Waals surface area contributed by atoms with E-state index in [1.165, 1.54) is 24.3 Å². The number of imide groups is 1. The Morgan fingerprint density at radius 3 is 2.21 bits per heavy atom. The number of carbonyl (C=O) groups is 2. The quantitative estimate of drug-likeness (QED) is 0.858. The normalized spacial score (nSPS) is 14.5. The number of amides is 2. The number of hydrogen-bond acceptors (Lipinski definition) is 3. The molecule has 2 amide bonds. The predicted octanol–water partition coefficient (Wildman–Crippen LogP) is 3.82. The first-order valence-electron chi connectivity index (χ1n) is 7.41. The second-order valence-corrected chi connectivity index (χ2v) is 5.66. The molecule has 0 saturated heterocycles. The van der Waals surface area contributed by atoms with Crippen LogP contribution in [0.1, 0.15) is 12.5 Å². The molecule has 2 aromatic rings. The number of benzene rings is 2. The number of anilines is 2. The molecule has 1 heterocycles. The van der Waals surface area contributed by atoms with Gasteiger partial charge >= 0.3 is 0 Å². The van der Waals surface area contributed by atoms with E-state index in [4.69, 9.17) is 11.6 Å². The molecule has 0 aliphatic carbocycles. The molecule has 4 nitrogen and oxygen atoms in total. The lowest BCUT2D eigenvalue weighted by molar-refractivity contribution is -0.120. The minimum Gasteiger partial charge on any atom is -0.350 e. The van der Waals surface area contributed by atoms with Gasteiger partial charge in [0.05, 0.1) is 5.69 Å². The molecule has 1 aliphatic heterocycles. The lowest BCUT2D eigenvalue weighted by Crippen LogP contribution is -2.32. The van der Waals surface area contributed by atoms with Crippen molar-refractivity contribution in [3.63, 3.8) is 0 Å². The van der Waals surface area contributed by atoms with Crippen molar-refractivity contribution >= 4 is 34.8 Å². The third-order valence-corrected chi connectivity index (χ3v) is 4.09. The van der Waals surface area contributed by atoms with Gasteiger partial charge in [-0.3, -0.25) is 9.59 Å². The first kappa shape index (κ1) is 16.2. The van der Waals surface area contributed by atoms with Crippen LogP contribution in [0.2, 0.25) is 0 Å². The van der Waals surface area contributed by atoms with Gasteiger partial charge in [-0.25, -0.2) is 9.29 Å². The van der Waals surface area contributed by atoms with Gasteiger partial charge in [-0.2, -0.15) is 0 Å². The van der Waals surface area contributed by atoms with Crippen LogP contribution in [0.25, 0.3) is 0 Å². The predicted molar refractivity (Wildman–Crippen MR) is 91.2 cm³/mol. The molecule has 0 bridgehead atoms. The van der Waals surface area contributed by atoms with E-state index in [9.17, 15) is 14.0 Å². The van der Waals surface area contributed by atoms with Crippen molar-refractivity contribution in [1.29, 1.82) is 0 Å². The highest BCUT2D eigenvalue weighted by Gasteiger charge is 2.38. The lowest BCUT2D eigenvalue weighted by atomic mass is 10.1. The van der Waals surface area contributed by atoms with Gasteiger partial charge in [0, 0.05) is 5.69 Å². The summed E-state index contributed by atoms with van der Waals surface area (Å²) in [7, 11) is 0. The largest absolute Gasteiger partial charge is 0.350 e. The molecular formula is C18H14ClFN2O2. The van der Waals surface area contributed by atoms with Gasteiger partial charge in [0.25, 0.3) is 11.8 Å². The number of halogens is 2. The summed E-state index contributed by atoms with van der Waals surface area (Å²) in [5.74, 6) is -1.66. The minimum absolute atomic E-state index is 0.00948. The molecule has 0 spiro atoms. The summed E-state index contributed by atoms with van der Waals surface area (Å²) in [6, 6.07) is 12.5. The summed E-state index contributed by atoms with van der Waals surface area (Å²) in [5, 5.41) is 2.70. The molecule has 1 N–H and O–H groups in total. The van der Waals surface area contributed by atoms with Gasteiger partial charge in [0.1, 0.15) is 16.5 Å². The van der Waals surface area contributed by atoms with Gasteiger partial charge in [-0.05, 0) is 48.4 Å². The van der Waals surface area contributed by atoms with E-state index in [0.717, 1.165) is 16.9 Å². The monoisotopic (exact) mass is 344 g/mol. The molecular weight excluding hydrogens is 331 g/mol. The van der Waals surface area contributed by atoms with E-state index in [-0.39, 0.29) is 16.4 Å². The molecule has 3 rings (SSSR count). The van der Waals surface area contributed by atoms with Crippen LogP contribution < -0.4 is 10.2 Å². The molecule has 6 heteroatoms. The van der Waals surface area contributed by atoms with Gasteiger partial charge < -0.3 is 5.32 Å². The fourth-order valence-electron chi connectivity index (χ4n) is 2.40. The Hall–Kier alpha value is -2.66. The van der Waals surface area contributed by atoms with Crippen molar-refractivity contribution < 1.29 is 14.0 Å². The van der Waals surface area contributed by atoms with Crippen LogP contribution in [-0.2, 0) is 16.0 Å². The van der Waals surface area contributed by atoms with Crippen LogP contribution in [0, 0.1) is 5.82 Å². The van der Waals surface area contributed by atoms with E-state index in [2.05, 4.69) is 5.32 Å². The highest BCUT2D eigenvalue weighted by molar-refractivity contribution is 6.53. The third-order valence-electron chi connectivity index (χ3n) is 3.74. The Bertz CT molecular complexity index is 829. The van der Waals surface area contributed by atoms with Gasteiger partial charge in [0.2, 0.25) is 0 Å². The zero-order valence-electron chi connectivity index (χ0n) is 12.8. The molecule has 1 aliphatic rings. The Kier molecular flexibility index (Phi) is 4.36. The van der Waals surface area contributed by atoms with Crippen molar-refractivity contribution in [3.05, 3.63) is 70.6 Å². The first-order valence-corrected chi connectivity index (χ1v) is 7.79. The molecule has 0 fully saturated rings. The number of carbonyl (C=O) groups excluding carboxylic acids is 2. The second-order valence-electron chi connectivity index (χ2n) is 5.29. The zero-order valence-corrected chi connectivity index (χ0v) is 13.6. The molecule has 0 unspecified atom stereocenters. The fourth-order valence-corrected chi connectivity index (χ4v) is 2.62. The highest BCUT2D eigenvalue weighted by atomic mass is 35.5. The SMILES string of the molecule is CCc1ccc(NC2=C(Cl)C(=O)N(c3ccc(F)cc3)C2=O)cc1. The summed E-state index contributed by atoms with van der Waals surface area (Å²) < 4.78 is 13.0. The standard InChI is InChI=1S/C18H14ClFN2O2/c1-2-11-3-7-13(8-4-11)21-16-15(19)17(23)22(18(16)24)14-9-5-12(20)6-10-14/h3-10,21H,2H2,1H3. The maximum atomic E-state index is 13.0. The number of hydrogen-bond donors (Lipinski definition) is 1. The maximum Gasteiger partial charge on any atom is 0.283 e. The topological polar surface area (TPSA) is 49.4 Å². The molecule has 122 valence electrons. The van der Waals surface area contributed by atoms with E-state index >= 15 is 0 Å². The Morgan fingerprint density at radius 1 is 1.00 bits per heavy atom. The van der Waals surface area contributed by atoms with Crippen molar-refractivity contribution in [2.24, 2.45) is 0 Å². The summed E-state index contributed by atoms with van der Waals surface area (Å²) in [5.41, 5.74) is 2.09. The Labute approximate surface area is 143 Å². The van der Waals surface area contributed by atoms with E-state index in [1.54, 1.807) is 0 Å². The molecule has 0 radical (unpaired) electrons. The first-order chi connectivity index (χ1) is 11.5. The molecule has 0 aromatic heterocycles. The number of aryl methyl sites for hydroxylation is 1. The van der Waals surface area contributed by atoms with Crippen molar-refractivity contribution in [2.45, 2.75) is 13.3 Å². The van der Waals surface area contributed by atoms with Crippen LogP contribution in [-0.4, -0.2) is 11.8 Å². The Balaban J connectivity index is 1.87. The maximum absolute atomic E-state index is 13.0.